The van der Waals surface area contributed by atoms with Crippen molar-refractivity contribution in [3.63, 3.8) is 0 Å². The third-order valence-electron chi connectivity index (χ3n) is 3.69. The summed E-state index contributed by atoms with van der Waals surface area (Å²) in [4.78, 5) is 28.5. The number of likely N-dealkylation sites (N-methyl/N-ethyl adjacent to an activating group) is 1. The molecule has 0 spiro atoms. The highest BCUT2D eigenvalue weighted by Crippen LogP contribution is 2.19. The zero-order chi connectivity index (χ0) is 15.0. The number of hydrogen-bond acceptors (Lipinski definition) is 4. The molecule has 6 heteroatoms. The Hall–Kier alpha value is -1.66. The lowest BCUT2D eigenvalue weighted by molar-refractivity contribution is 0.0633. The van der Waals surface area contributed by atoms with Crippen LogP contribution in [0.15, 0.2) is 37.9 Å². The molecule has 1 aromatic heterocycles. The molecule has 0 aliphatic carbocycles. The number of hydrogen-bond donors (Lipinski definition) is 0. The van der Waals surface area contributed by atoms with Gasteiger partial charge in [-0.05, 0) is 25.2 Å². The van der Waals surface area contributed by atoms with Crippen molar-refractivity contribution in [3.05, 3.63) is 44.7 Å². The molecule has 0 N–H and O–H groups in total. The standard InChI is InChI=1S/C15H15BrN2O3/c1-17-4-6-18(7-5-17)15(20)14-9-12(19)11-8-10(16)2-3-13(11)21-14/h2-3,8-9H,4-7H2,1H3. The Morgan fingerprint density at radius 3 is 2.62 bits per heavy atom. The number of benzene rings is 1. The first-order chi connectivity index (χ1) is 10.0. The van der Waals surface area contributed by atoms with E-state index in [0.717, 1.165) is 17.6 Å². The SMILES string of the molecule is CN1CCN(C(=O)c2cc(=O)c3cc(Br)ccc3o2)CC1. The van der Waals surface area contributed by atoms with Gasteiger partial charge in [-0.2, -0.15) is 0 Å². The van der Waals surface area contributed by atoms with E-state index in [-0.39, 0.29) is 17.1 Å². The third kappa shape index (κ3) is 2.87. The monoisotopic (exact) mass is 350 g/mol. The average Bonchev–Trinajstić information content (AvgIpc) is 2.48. The summed E-state index contributed by atoms with van der Waals surface area (Å²) in [6, 6.07) is 6.47. The van der Waals surface area contributed by atoms with Crippen molar-refractivity contribution in [1.29, 1.82) is 0 Å². The Balaban J connectivity index is 1.95. The molecule has 2 aromatic rings. The Morgan fingerprint density at radius 2 is 1.90 bits per heavy atom. The van der Waals surface area contributed by atoms with Gasteiger partial charge in [0.1, 0.15) is 5.58 Å². The van der Waals surface area contributed by atoms with Gasteiger partial charge in [0.15, 0.2) is 11.2 Å². The number of nitrogens with zero attached hydrogens (tertiary/aromatic N) is 2. The van der Waals surface area contributed by atoms with Gasteiger partial charge in [-0.3, -0.25) is 9.59 Å². The number of amides is 1. The van der Waals surface area contributed by atoms with Gasteiger partial charge in [-0.15, -0.1) is 0 Å². The molecule has 2 heterocycles. The van der Waals surface area contributed by atoms with Crippen molar-refractivity contribution in [1.82, 2.24) is 9.80 Å². The van der Waals surface area contributed by atoms with Gasteiger partial charge in [0.2, 0.25) is 0 Å². The number of carbonyl (C=O) groups excluding carboxylic acids is 1. The second-order valence-electron chi connectivity index (χ2n) is 5.21. The first-order valence-electron chi connectivity index (χ1n) is 6.76. The number of piperazine rings is 1. The fourth-order valence-corrected chi connectivity index (χ4v) is 2.76. The highest BCUT2D eigenvalue weighted by Gasteiger charge is 2.23. The van der Waals surface area contributed by atoms with E-state index >= 15 is 0 Å². The highest BCUT2D eigenvalue weighted by molar-refractivity contribution is 9.10. The molecule has 1 amide bonds. The van der Waals surface area contributed by atoms with E-state index in [1.165, 1.54) is 6.07 Å². The molecular weight excluding hydrogens is 336 g/mol. The van der Waals surface area contributed by atoms with E-state index in [2.05, 4.69) is 20.8 Å². The minimum Gasteiger partial charge on any atom is -0.451 e. The van der Waals surface area contributed by atoms with Crippen molar-refractivity contribution in [2.75, 3.05) is 33.2 Å². The van der Waals surface area contributed by atoms with Crippen LogP contribution in [0.5, 0.6) is 0 Å². The van der Waals surface area contributed by atoms with Gasteiger partial charge in [0.05, 0.1) is 5.39 Å². The Morgan fingerprint density at radius 1 is 1.19 bits per heavy atom. The molecule has 0 bridgehead atoms. The first-order valence-corrected chi connectivity index (χ1v) is 7.55. The van der Waals surface area contributed by atoms with Crippen LogP contribution in [0.2, 0.25) is 0 Å². The molecule has 1 aliphatic rings. The number of halogens is 1. The molecule has 3 rings (SSSR count). The molecule has 1 aromatic carbocycles. The summed E-state index contributed by atoms with van der Waals surface area (Å²) in [7, 11) is 2.02. The quantitative estimate of drug-likeness (QED) is 0.788. The topological polar surface area (TPSA) is 53.8 Å². The molecule has 1 saturated heterocycles. The van der Waals surface area contributed by atoms with Crippen molar-refractivity contribution >= 4 is 32.8 Å². The van der Waals surface area contributed by atoms with Crippen LogP contribution in [-0.4, -0.2) is 48.9 Å². The van der Waals surface area contributed by atoms with E-state index in [0.29, 0.717) is 24.1 Å². The van der Waals surface area contributed by atoms with E-state index in [9.17, 15) is 9.59 Å². The summed E-state index contributed by atoms with van der Waals surface area (Å²) in [6.45, 7) is 2.96. The highest BCUT2D eigenvalue weighted by atomic mass is 79.9. The van der Waals surface area contributed by atoms with E-state index in [1.54, 1.807) is 23.1 Å². The lowest BCUT2D eigenvalue weighted by Crippen LogP contribution is -2.47. The van der Waals surface area contributed by atoms with Crippen LogP contribution in [0.25, 0.3) is 11.0 Å². The lowest BCUT2D eigenvalue weighted by atomic mass is 10.2. The van der Waals surface area contributed by atoms with E-state index in [4.69, 9.17) is 4.42 Å². The van der Waals surface area contributed by atoms with Crippen LogP contribution in [0, 0.1) is 0 Å². The summed E-state index contributed by atoms with van der Waals surface area (Å²) in [5.74, 6) is -0.107. The molecule has 1 fully saturated rings. The second-order valence-corrected chi connectivity index (χ2v) is 6.13. The lowest BCUT2D eigenvalue weighted by Gasteiger charge is -2.31. The maximum atomic E-state index is 12.4. The van der Waals surface area contributed by atoms with Gasteiger partial charge < -0.3 is 14.2 Å². The van der Waals surface area contributed by atoms with Crippen LogP contribution in [0.1, 0.15) is 10.6 Å². The molecule has 0 unspecified atom stereocenters. The molecule has 0 radical (unpaired) electrons. The summed E-state index contributed by atoms with van der Waals surface area (Å²) in [5, 5.41) is 0.472. The fourth-order valence-electron chi connectivity index (χ4n) is 2.40. The average molecular weight is 351 g/mol. The molecule has 1 aliphatic heterocycles. The largest absolute Gasteiger partial charge is 0.451 e. The Kier molecular flexibility index (Phi) is 3.82. The Labute approximate surface area is 130 Å². The van der Waals surface area contributed by atoms with Gasteiger partial charge in [-0.25, -0.2) is 0 Å². The predicted molar refractivity (Wildman–Crippen MR) is 83.6 cm³/mol. The summed E-state index contributed by atoms with van der Waals surface area (Å²) >= 11 is 3.32. The Bertz CT molecular complexity index is 748. The third-order valence-corrected chi connectivity index (χ3v) is 4.18. The van der Waals surface area contributed by atoms with Gasteiger partial charge in [0.25, 0.3) is 5.91 Å². The smallest absolute Gasteiger partial charge is 0.289 e. The zero-order valence-corrected chi connectivity index (χ0v) is 13.2. The summed E-state index contributed by atoms with van der Waals surface area (Å²) in [6.07, 6.45) is 0. The maximum Gasteiger partial charge on any atom is 0.289 e. The zero-order valence-electron chi connectivity index (χ0n) is 11.6. The van der Waals surface area contributed by atoms with Crippen LogP contribution in [0.4, 0.5) is 0 Å². The minimum absolute atomic E-state index is 0.111. The molecule has 110 valence electrons. The first kappa shape index (κ1) is 14.3. The van der Waals surface area contributed by atoms with Crippen molar-refractivity contribution in [2.45, 2.75) is 0 Å². The van der Waals surface area contributed by atoms with E-state index < -0.39 is 0 Å². The minimum atomic E-state index is -0.218. The fraction of sp³-hybridized carbons (Fsp3) is 0.333. The molecule has 21 heavy (non-hydrogen) atoms. The van der Waals surface area contributed by atoms with Crippen LogP contribution >= 0.6 is 15.9 Å². The van der Waals surface area contributed by atoms with Crippen molar-refractivity contribution < 1.29 is 9.21 Å². The predicted octanol–water partition coefficient (Wildman–Crippen LogP) is 1.94. The second kappa shape index (κ2) is 5.61. The van der Waals surface area contributed by atoms with Gasteiger partial charge in [-0.1, -0.05) is 15.9 Å². The van der Waals surface area contributed by atoms with Crippen LogP contribution in [0.3, 0.4) is 0 Å². The molecule has 0 saturated carbocycles. The molecular formula is C15H15BrN2O3. The normalized spacial score (nSPS) is 16.4. The summed E-state index contributed by atoms with van der Waals surface area (Å²) in [5.41, 5.74) is 0.234. The van der Waals surface area contributed by atoms with Crippen LogP contribution in [-0.2, 0) is 0 Å². The van der Waals surface area contributed by atoms with Gasteiger partial charge in [0, 0.05) is 36.7 Å². The van der Waals surface area contributed by atoms with E-state index in [1.807, 2.05) is 7.05 Å². The van der Waals surface area contributed by atoms with Gasteiger partial charge >= 0.3 is 0 Å². The maximum absolute atomic E-state index is 12.4. The van der Waals surface area contributed by atoms with Crippen LogP contribution < -0.4 is 5.43 Å². The number of fused-ring (bicyclic) bond motifs is 1. The number of rotatable bonds is 1. The number of carbonyl (C=O) groups is 1. The van der Waals surface area contributed by atoms with Crippen molar-refractivity contribution in [3.8, 4) is 0 Å². The molecule has 0 atom stereocenters. The summed E-state index contributed by atoms with van der Waals surface area (Å²) < 4.78 is 6.42. The van der Waals surface area contributed by atoms with Crippen molar-refractivity contribution in [2.24, 2.45) is 0 Å². The molecule has 5 nitrogen and oxygen atoms in total.